The van der Waals surface area contributed by atoms with Crippen LogP contribution in [0.3, 0.4) is 0 Å². The summed E-state index contributed by atoms with van der Waals surface area (Å²) in [6.45, 7) is 4.23. The number of aryl methyl sites for hydroxylation is 3. The van der Waals surface area contributed by atoms with Crippen LogP contribution in [0.5, 0.6) is 0 Å². The number of nitrogens with zero attached hydrogens (tertiary/aromatic N) is 2. The molecule has 0 saturated heterocycles. The third kappa shape index (κ3) is 2.93. The molecule has 2 heterocycles. The minimum atomic E-state index is 0.171. The van der Waals surface area contributed by atoms with Gasteiger partial charge >= 0.3 is 0 Å². The Kier molecular flexibility index (Phi) is 3.94. The van der Waals surface area contributed by atoms with Crippen LogP contribution in [-0.4, -0.2) is 4.98 Å². The standard InChI is InChI=1S/C17H19N3S/c1-11-7-8-16(21-11)12(2)19-17-14(10-18)9-13-5-3-4-6-15(13)20-17/h7-9,12H,3-6H2,1-2H3,(H,19,20). The summed E-state index contributed by atoms with van der Waals surface area (Å²) in [4.78, 5) is 7.30. The monoisotopic (exact) mass is 297 g/mol. The van der Waals surface area contributed by atoms with Crippen molar-refractivity contribution >= 4 is 17.2 Å². The number of nitrogens with one attached hydrogen (secondary N) is 1. The molecule has 1 N–H and O–H groups in total. The molecule has 1 aliphatic rings. The van der Waals surface area contributed by atoms with Gasteiger partial charge in [-0.15, -0.1) is 11.3 Å². The summed E-state index contributed by atoms with van der Waals surface area (Å²) in [5.41, 5.74) is 3.08. The van der Waals surface area contributed by atoms with Crippen LogP contribution >= 0.6 is 11.3 Å². The first-order chi connectivity index (χ1) is 10.2. The third-order valence-electron chi connectivity index (χ3n) is 3.96. The second-order valence-electron chi connectivity index (χ2n) is 5.62. The van der Waals surface area contributed by atoms with Crippen molar-refractivity contribution in [3.63, 3.8) is 0 Å². The summed E-state index contributed by atoms with van der Waals surface area (Å²) >= 11 is 1.78. The Morgan fingerprint density at radius 2 is 2.14 bits per heavy atom. The molecule has 1 aliphatic carbocycles. The number of fused-ring (bicyclic) bond motifs is 1. The van der Waals surface area contributed by atoms with Crippen molar-refractivity contribution in [2.45, 2.75) is 45.6 Å². The molecule has 4 heteroatoms. The third-order valence-corrected chi connectivity index (χ3v) is 5.15. The Morgan fingerprint density at radius 3 is 2.86 bits per heavy atom. The molecule has 0 fully saturated rings. The van der Waals surface area contributed by atoms with E-state index in [4.69, 9.17) is 4.98 Å². The van der Waals surface area contributed by atoms with E-state index in [1.807, 2.05) is 6.07 Å². The molecule has 0 amide bonds. The van der Waals surface area contributed by atoms with Crippen molar-refractivity contribution in [2.75, 3.05) is 5.32 Å². The maximum absolute atomic E-state index is 9.38. The van der Waals surface area contributed by atoms with Crippen LogP contribution in [0.15, 0.2) is 18.2 Å². The lowest BCUT2D eigenvalue weighted by atomic mass is 9.95. The molecule has 0 aliphatic heterocycles. The first-order valence-electron chi connectivity index (χ1n) is 7.43. The number of rotatable bonds is 3. The second-order valence-corrected chi connectivity index (χ2v) is 6.94. The molecule has 21 heavy (non-hydrogen) atoms. The highest BCUT2D eigenvalue weighted by Gasteiger charge is 2.17. The Labute approximate surface area is 129 Å². The van der Waals surface area contributed by atoms with E-state index in [-0.39, 0.29) is 6.04 Å². The quantitative estimate of drug-likeness (QED) is 0.915. The van der Waals surface area contributed by atoms with Crippen LogP contribution in [-0.2, 0) is 12.8 Å². The summed E-state index contributed by atoms with van der Waals surface area (Å²) in [6.07, 6.45) is 4.49. The zero-order chi connectivity index (χ0) is 14.8. The van der Waals surface area contributed by atoms with Gasteiger partial charge in [-0.3, -0.25) is 0 Å². The lowest BCUT2D eigenvalue weighted by molar-refractivity contribution is 0.667. The summed E-state index contributed by atoms with van der Waals surface area (Å²) in [5.74, 6) is 0.733. The summed E-state index contributed by atoms with van der Waals surface area (Å²) < 4.78 is 0. The highest BCUT2D eigenvalue weighted by Crippen LogP contribution is 2.29. The highest BCUT2D eigenvalue weighted by atomic mass is 32.1. The maximum atomic E-state index is 9.38. The number of anilines is 1. The van der Waals surface area contributed by atoms with E-state index in [0.29, 0.717) is 5.56 Å². The fourth-order valence-corrected chi connectivity index (χ4v) is 3.67. The zero-order valence-electron chi connectivity index (χ0n) is 12.4. The number of nitriles is 1. The van der Waals surface area contributed by atoms with Crippen LogP contribution in [0, 0.1) is 18.3 Å². The Morgan fingerprint density at radius 1 is 1.33 bits per heavy atom. The van der Waals surface area contributed by atoms with Gasteiger partial charge in [0.05, 0.1) is 11.6 Å². The highest BCUT2D eigenvalue weighted by molar-refractivity contribution is 7.12. The van der Waals surface area contributed by atoms with Crippen LogP contribution < -0.4 is 5.32 Å². The maximum Gasteiger partial charge on any atom is 0.144 e. The minimum absolute atomic E-state index is 0.171. The number of thiophene rings is 1. The zero-order valence-corrected chi connectivity index (χ0v) is 13.3. The average molecular weight is 297 g/mol. The van der Waals surface area contributed by atoms with Gasteiger partial charge in [0.1, 0.15) is 11.9 Å². The molecular formula is C17H19N3S. The molecule has 3 nitrogen and oxygen atoms in total. The molecule has 0 aromatic carbocycles. The van der Waals surface area contributed by atoms with E-state index < -0.39 is 0 Å². The van der Waals surface area contributed by atoms with Crippen molar-refractivity contribution < 1.29 is 0 Å². The van der Waals surface area contributed by atoms with Crippen LogP contribution in [0.1, 0.15) is 52.4 Å². The average Bonchev–Trinajstić information content (AvgIpc) is 2.93. The topological polar surface area (TPSA) is 48.7 Å². The first-order valence-corrected chi connectivity index (χ1v) is 8.25. The van der Waals surface area contributed by atoms with E-state index in [1.165, 1.54) is 28.2 Å². The van der Waals surface area contributed by atoms with Gasteiger partial charge in [0.25, 0.3) is 0 Å². The Balaban J connectivity index is 1.89. The van der Waals surface area contributed by atoms with Crippen LogP contribution in [0.2, 0.25) is 0 Å². The molecule has 3 rings (SSSR count). The van der Waals surface area contributed by atoms with Crippen molar-refractivity contribution in [1.82, 2.24) is 4.98 Å². The minimum Gasteiger partial charge on any atom is -0.362 e. The molecule has 0 radical (unpaired) electrons. The molecule has 108 valence electrons. The van der Waals surface area contributed by atoms with Gasteiger partial charge in [-0.25, -0.2) is 4.98 Å². The predicted molar refractivity (Wildman–Crippen MR) is 86.7 cm³/mol. The van der Waals surface area contributed by atoms with Crippen LogP contribution in [0.4, 0.5) is 5.82 Å². The SMILES string of the molecule is Cc1ccc(C(C)Nc2nc3c(cc2C#N)CCCC3)s1. The van der Waals surface area contributed by atoms with Crippen LogP contribution in [0.25, 0.3) is 0 Å². The molecule has 2 aromatic rings. The summed E-state index contributed by atoms with van der Waals surface area (Å²) in [5, 5.41) is 12.8. The van der Waals surface area contributed by atoms with Gasteiger partial charge in [-0.05, 0) is 63.3 Å². The van der Waals surface area contributed by atoms with Gasteiger partial charge in [0, 0.05) is 15.4 Å². The number of hydrogen-bond acceptors (Lipinski definition) is 4. The molecular weight excluding hydrogens is 278 g/mol. The van der Waals surface area contributed by atoms with E-state index in [2.05, 4.69) is 37.4 Å². The fraction of sp³-hybridized carbons (Fsp3) is 0.412. The molecule has 0 spiro atoms. The second kappa shape index (κ2) is 5.87. The Bertz CT molecular complexity index is 697. The van der Waals surface area contributed by atoms with E-state index in [1.54, 1.807) is 11.3 Å². The van der Waals surface area contributed by atoms with E-state index >= 15 is 0 Å². The Hall–Kier alpha value is -1.86. The van der Waals surface area contributed by atoms with Gasteiger partial charge < -0.3 is 5.32 Å². The van der Waals surface area contributed by atoms with Gasteiger partial charge in [0.2, 0.25) is 0 Å². The first kappa shape index (κ1) is 14.1. The molecule has 0 bridgehead atoms. The number of pyridine rings is 1. The van der Waals surface area contributed by atoms with Crippen molar-refractivity contribution in [1.29, 1.82) is 5.26 Å². The molecule has 1 unspecified atom stereocenters. The van der Waals surface area contributed by atoms with Crippen molar-refractivity contribution in [3.05, 3.63) is 44.8 Å². The van der Waals surface area contributed by atoms with Gasteiger partial charge in [-0.1, -0.05) is 0 Å². The number of hydrogen-bond donors (Lipinski definition) is 1. The predicted octanol–water partition coefficient (Wildman–Crippen LogP) is 4.38. The van der Waals surface area contributed by atoms with Gasteiger partial charge in [-0.2, -0.15) is 5.26 Å². The summed E-state index contributed by atoms with van der Waals surface area (Å²) in [7, 11) is 0. The fourth-order valence-electron chi connectivity index (χ4n) is 2.79. The normalized spacial score (nSPS) is 15.1. The van der Waals surface area contributed by atoms with E-state index in [9.17, 15) is 5.26 Å². The smallest absolute Gasteiger partial charge is 0.144 e. The molecule has 0 saturated carbocycles. The van der Waals surface area contributed by atoms with E-state index in [0.717, 1.165) is 24.4 Å². The molecule has 1 atom stereocenters. The lowest BCUT2D eigenvalue weighted by Gasteiger charge is -2.19. The number of aromatic nitrogens is 1. The summed E-state index contributed by atoms with van der Waals surface area (Å²) in [6, 6.07) is 8.75. The largest absolute Gasteiger partial charge is 0.362 e. The molecule has 2 aromatic heterocycles. The van der Waals surface area contributed by atoms with Crippen molar-refractivity contribution in [2.24, 2.45) is 0 Å². The van der Waals surface area contributed by atoms with Crippen molar-refractivity contribution in [3.8, 4) is 6.07 Å². The lowest BCUT2D eigenvalue weighted by Crippen LogP contribution is -2.12. The van der Waals surface area contributed by atoms with Gasteiger partial charge in [0.15, 0.2) is 0 Å².